The zero-order valence-corrected chi connectivity index (χ0v) is 20.0. The summed E-state index contributed by atoms with van der Waals surface area (Å²) in [6, 6.07) is 3.03. The molecule has 2 aromatic heterocycles. The summed E-state index contributed by atoms with van der Waals surface area (Å²) in [5.41, 5.74) is 1.16. The number of nitrogens with zero attached hydrogens (tertiary/aromatic N) is 4. The van der Waals surface area contributed by atoms with Gasteiger partial charge in [0.25, 0.3) is 0 Å². The van der Waals surface area contributed by atoms with E-state index >= 15 is 0 Å². The first-order chi connectivity index (χ1) is 17.0. The highest BCUT2D eigenvalue weighted by atomic mass is 19.1. The Bertz CT molecular complexity index is 1020. The van der Waals surface area contributed by atoms with E-state index in [4.69, 9.17) is 14.5 Å². The first-order valence-corrected chi connectivity index (χ1v) is 12.3. The maximum atomic E-state index is 13.7. The van der Waals surface area contributed by atoms with Gasteiger partial charge >= 0.3 is 12.1 Å². The van der Waals surface area contributed by atoms with Gasteiger partial charge in [-0.05, 0) is 37.3 Å². The minimum Gasteiger partial charge on any atom is -0.443 e. The lowest BCUT2D eigenvalue weighted by molar-refractivity contribution is -0.220. The zero-order valence-electron chi connectivity index (χ0n) is 20.0. The number of carbonyl (C=O) groups excluding carboxylic acids is 2. The van der Waals surface area contributed by atoms with Crippen molar-refractivity contribution in [1.82, 2.24) is 25.3 Å². The fourth-order valence-corrected chi connectivity index (χ4v) is 4.37. The molecule has 1 N–H and O–H groups in total. The van der Waals surface area contributed by atoms with Gasteiger partial charge in [0.05, 0.1) is 11.6 Å². The predicted octanol–water partition coefficient (Wildman–Crippen LogP) is 4.18. The number of hydrogen-bond donors (Lipinski definition) is 1. The Hall–Kier alpha value is -3.24. The highest BCUT2D eigenvalue weighted by Gasteiger charge is 2.25. The summed E-state index contributed by atoms with van der Waals surface area (Å²) in [7, 11) is 1.67. The molecule has 2 aromatic rings. The molecule has 0 bridgehead atoms. The first-order valence-electron chi connectivity index (χ1n) is 12.3. The average Bonchev–Trinajstić information content (AvgIpc) is 3.23. The van der Waals surface area contributed by atoms with E-state index in [0.717, 1.165) is 38.5 Å². The number of aromatic nitrogens is 4. The molecule has 2 fully saturated rings. The van der Waals surface area contributed by atoms with Gasteiger partial charge in [-0.2, -0.15) is 0 Å². The van der Waals surface area contributed by atoms with Crippen LogP contribution in [0.25, 0.3) is 11.4 Å². The van der Waals surface area contributed by atoms with Gasteiger partial charge < -0.3 is 10.1 Å². The first kappa shape index (κ1) is 24.9. The van der Waals surface area contributed by atoms with Crippen LogP contribution in [0.15, 0.2) is 12.1 Å². The number of alkyl halides is 1. The molecule has 2 heterocycles. The van der Waals surface area contributed by atoms with E-state index in [9.17, 15) is 14.0 Å². The van der Waals surface area contributed by atoms with Crippen molar-refractivity contribution in [3.63, 3.8) is 0 Å². The van der Waals surface area contributed by atoms with E-state index in [2.05, 4.69) is 20.6 Å². The lowest BCUT2D eigenvalue weighted by Crippen LogP contribution is -2.28. The van der Waals surface area contributed by atoms with Crippen molar-refractivity contribution < 1.29 is 28.5 Å². The van der Waals surface area contributed by atoms with Crippen LogP contribution >= 0.6 is 0 Å². The van der Waals surface area contributed by atoms with Gasteiger partial charge in [-0.3, -0.25) is 9.78 Å². The summed E-state index contributed by atoms with van der Waals surface area (Å²) < 4.78 is 20.5. The lowest BCUT2D eigenvalue weighted by atomic mass is 9.83. The Morgan fingerprint density at radius 3 is 2.66 bits per heavy atom. The average molecular weight is 490 g/mol. The number of carbonyl (C=O) groups is 2. The number of aryl methyl sites for hydroxylation is 1. The number of hydrogen-bond acceptors (Lipinski definition) is 8. The molecule has 2 aliphatic carbocycles. The van der Waals surface area contributed by atoms with Crippen LogP contribution in [0.2, 0.25) is 0 Å². The Morgan fingerprint density at radius 1 is 1.14 bits per heavy atom. The van der Waals surface area contributed by atoms with E-state index in [0.29, 0.717) is 29.5 Å². The number of nitrogens with one attached hydrogen (secondary N) is 1. The third-order valence-corrected chi connectivity index (χ3v) is 6.78. The molecule has 2 aliphatic rings. The van der Waals surface area contributed by atoms with E-state index in [1.807, 2.05) is 0 Å². The molecule has 0 unspecified atom stereocenters. The van der Waals surface area contributed by atoms with Crippen LogP contribution in [0.3, 0.4) is 0 Å². The van der Waals surface area contributed by atoms with Crippen molar-refractivity contribution in [3.05, 3.63) is 23.5 Å². The van der Waals surface area contributed by atoms with Gasteiger partial charge in [-0.25, -0.2) is 23.6 Å². The third kappa shape index (κ3) is 6.46. The standard InChI is InChI=1S/C24H32FN5O5/c1-30-20(15-33-24(32)26-13-12-16-6-5-7-16)22(28-29-30)18-10-11-21(19(14-25)27-18)34-35-23(31)17-8-3-2-4-9-17/h10-11,16-17H,2-9,12-15H2,1H3,(H,26,32). The summed E-state index contributed by atoms with van der Waals surface area (Å²) in [5, 5.41) is 10.8. The molecular weight excluding hydrogens is 457 g/mol. The van der Waals surface area contributed by atoms with E-state index in [1.165, 1.54) is 30.0 Å². The van der Waals surface area contributed by atoms with Crippen LogP contribution in [0.5, 0.6) is 5.75 Å². The van der Waals surface area contributed by atoms with Crippen LogP contribution in [-0.4, -0.2) is 38.6 Å². The van der Waals surface area contributed by atoms with Gasteiger partial charge in [-0.15, -0.1) is 5.10 Å². The SMILES string of the molecule is Cn1nnc(-c2ccc(OOC(=O)C3CCCCC3)c(CF)n2)c1COC(=O)NCCC1CCC1. The Labute approximate surface area is 203 Å². The van der Waals surface area contributed by atoms with Crippen LogP contribution < -0.4 is 10.2 Å². The summed E-state index contributed by atoms with van der Waals surface area (Å²) in [5.74, 6) is 0.0786. The molecular formula is C24H32FN5O5. The molecule has 0 radical (unpaired) electrons. The predicted molar refractivity (Wildman–Crippen MR) is 122 cm³/mol. The molecule has 11 heteroatoms. The smallest absolute Gasteiger partial charge is 0.407 e. The topological polar surface area (TPSA) is 117 Å². The molecule has 0 aliphatic heterocycles. The zero-order chi connectivity index (χ0) is 24.6. The molecule has 0 saturated heterocycles. The molecule has 10 nitrogen and oxygen atoms in total. The highest BCUT2D eigenvalue weighted by Crippen LogP contribution is 2.29. The second kappa shape index (κ2) is 11.9. The number of halogens is 1. The molecule has 0 spiro atoms. The van der Waals surface area contributed by atoms with Crippen molar-refractivity contribution in [2.75, 3.05) is 6.54 Å². The van der Waals surface area contributed by atoms with Gasteiger partial charge in [0, 0.05) is 13.6 Å². The van der Waals surface area contributed by atoms with Crippen molar-refractivity contribution >= 4 is 12.1 Å². The van der Waals surface area contributed by atoms with Crippen molar-refractivity contribution in [2.45, 2.75) is 71.1 Å². The normalized spacial score (nSPS) is 16.4. The van der Waals surface area contributed by atoms with Gasteiger partial charge in [0.2, 0.25) is 5.75 Å². The monoisotopic (exact) mass is 489 g/mol. The van der Waals surface area contributed by atoms with Crippen LogP contribution in [-0.2, 0) is 34.7 Å². The molecule has 2 saturated carbocycles. The van der Waals surface area contributed by atoms with Gasteiger partial charge in [-0.1, -0.05) is 43.7 Å². The summed E-state index contributed by atoms with van der Waals surface area (Å²) in [6.45, 7) is -0.425. The van der Waals surface area contributed by atoms with Gasteiger partial charge in [0.1, 0.15) is 30.4 Å². The lowest BCUT2D eigenvalue weighted by Gasteiger charge is -2.24. The fraction of sp³-hybridized carbons (Fsp3) is 0.625. The second-order valence-corrected chi connectivity index (χ2v) is 9.19. The van der Waals surface area contributed by atoms with E-state index in [1.54, 1.807) is 13.1 Å². The van der Waals surface area contributed by atoms with Crippen LogP contribution in [0, 0.1) is 11.8 Å². The Balaban J connectivity index is 1.35. The second-order valence-electron chi connectivity index (χ2n) is 9.19. The minimum atomic E-state index is -0.931. The Morgan fingerprint density at radius 2 is 1.94 bits per heavy atom. The number of rotatable bonds is 10. The van der Waals surface area contributed by atoms with Crippen LogP contribution in [0.1, 0.15) is 69.2 Å². The largest absolute Gasteiger partial charge is 0.443 e. The maximum Gasteiger partial charge on any atom is 0.407 e. The number of pyridine rings is 1. The van der Waals surface area contributed by atoms with Crippen LogP contribution in [0.4, 0.5) is 9.18 Å². The summed E-state index contributed by atoms with van der Waals surface area (Å²) in [4.78, 5) is 38.7. The molecule has 35 heavy (non-hydrogen) atoms. The maximum absolute atomic E-state index is 13.7. The number of ether oxygens (including phenoxy) is 1. The van der Waals surface area contributed by atoms with Gasteiger partial charge in [0.15, 0.2) is 0 Å². The third-order valence-electron chi connectivity index (χ3n) is 6.78. The number of alkyl carbamates (subject to hydrolysis) is 1. The van der Waals surface area contributed by atoms with E-state index in [-0.39, 0.29) is 24.0 Å². The molecule has 190 valence electrons. The van der Waals surface area contributed by atoms with Crippen molar-refractivity contribution in [3.8, 4) is 17.1 Å². The molecule has 4 rings (SSSR count). The fourth-order valence-electron chi connectivity index (χ4n) is 4.37. The summed E-state index contributed by atoms with van der Waals surface area (Å²) in [6.07, 6.45) is 8.77. The van der Waals surface area contributed by atoms with Crippen molar-refractivity contribution in [2.24, 2.45) is 18.9 Å². The molecule has 0 atom stereocenters. The molecule has 0 aromatic carbocycles. The minimum absolute atomic E-state index is 0.0212. The van der Waals surface area contributed by atoms with E-state index < -0.39 is 18.7 Å². The summed E-state index contributed by atoms with van der Waals surface area (Å²) >= 11 is 0. The quantitative estimate of drug-likeness (QED) is 0.390. The molecule has 1 amide bonds. The Kier molecular flexibility index (Phi) is 8.49. The number of amides is 1. The van der Waals surface area contributed by atoms with Crippen molar-refractivity contribution in [1.29, 1.82) is 0 Å². The highest BCUT2D eigenvalue weighted by molar-refractivity contribution is 5.72.